The summed E-state index contributed by atoms with van der Waals surface area (Å²) in [5, 5.41) is 7.78. The first-order chi connectivity index (χ1) is 67.7. The van der Waals surface area contributed by atoms with E-state index in [0.717, 1.165) is 119 Å². The van der Waals surface area contributed by atoms with Crippen molar-refractivity contribution in [2.24, 2.45) is 0 Å². The van der Waals surface area contributed by atoms with E-state index < -0.39 is 0 Å². The average molecular weight is 1770 g/mol. The van der Waals surface area contributed by atoms with E-state index in [-0.39, 0.29) is 16.2 Å². The van der Waals surface area contributed by atoms with Gasteiger partial charge in [0.05, 0.1) is 67.3 Å². The Kier molecular flexibility index (Phi) is 19.8. The van der Waals surface area contributed by atoms with E-state index in [1.165, 1.54) is 132 Å². The lowest BCUT2D eigenvalue weighted by molar-refractivity contribution is 0.660. The van der Waals surface area contributed by atoms with Crippen LogP contribution in [0.2, 0.25) is 0 Å². The number of benzene rings is 18. The third-order valence-electron chi connectivity index (χ3n) is 28.9. The minimum absolute atomic E-state index is 0.0419. The molecule has 3 aliphatic carbocycles. The maximum Gasteiger partial charge on any atom is 0.160 e. The van der Waals surface area contributed by atoms with E-state index in [4.69, 9.17) is 29.9 Å². The lowest BCUT2D eigenvalue weighted by Crippen LogP contribution is -2.15. The van der Waals surface area contributed by atoms with Gasteiger partial charge in [-0.2, -0.15) is 0 Å². The Morgan fingerprint density at radius 1 is 0.174 bits per heavy atom. The quantitative estimate of drug-likeness (QED) is 0.121. The first kappa shape index (κ1) is 82.5. The largest absolute Gasteiger partial charge is 0.309 e. The zero-order chi connectivity index (χ0) is 92.5. The van der Waals surface area contributed by atoms with E-state index in [2.05, 4.69) is 437 Å². The van der Waals surface area contributed by atoms with Gasteiger partial charge in [-0.05, 0) is 164 Å². The molecule has 6 heterocycles. The first-order valence-corrected chi connectivity index (χ1v) is 47.5. The van der Waals surface area contributed by atoms with Crippen LogP contribution in [-0.2, 0) is 16.2 Å². The molecule has 0 amide bonds. The van der Waals surface area contributed by atoms with Crippen molar-refractivity contribution < 1.29 is 0 Å². The van der Waals surface area contributed by atoms with Crippen molar-refractivity contribution in [1.29, 1.82) is 0 Å². The van der Waals surface area contributed by atoms with Gasteiger partial charge in [0.2, 0.25) is 0 Å². The number of nitrogens with zero attached hydrogens (tertiary/aromatic N) is 9. The Hall–Kier alpha value is -17.4. The van der Waals surface area contributed by atoms with Crippen LogP contribution in [0, 0.1) is 0 Å². The average Bonchev–Trinajstić information content (AvgIpc) is 1.54. The van der Waals surface area contributed by atoms with Crippen LogP contribution in [0.25, 0.3) is 218 Å². The van der Waals surface area contributed by atoms with Gasteiger partial charge in [0.15, 0.2) is 17.5 Å². The van der Waals surface area contributed by atoms with Gasteiger partial charge in [0, 0.05) is 116 Å². The number of hydrogen-bond acceptors (Lipinski definition) is 6. The van der Waals surface area contributed by atoms with Gasteiger partial charge in [-0.1, -0.05) is 399 Å². The van der Waals surface area contributed by atoms with Crippen LogP contribution in [0.1, 0.15) is 74.9 Å². The van der Waals surface area contributed by atoms with E-state index in [9.17, 15) is 0 Å². The monoisotopic (exact) mass is 1770 g/mol. The summed E-state index contributed by atoms with van der Waals surface area (Å²) in [6, 6.07) is 162. The fourth-order valence-corrected chi connectivity index (χ4v) is 22.1. The molecule has 6 aromatic heterocycles. The molecule has 27 rings (SSSR count). The van der Waals surface area contributed by atoms with Crippen molar-refractivity contribution in [3.63, 3.8) is 0 Å². The highest BCUT2D eigenvalue weighted by Gasteiger charge is 2.41. The minimum atomic E-state index is -0.0931. The predicted molar refractivity (Wildman–Crippen MR) is 571 cm³/mol. The van der Waals surface area contributed by atoms with Crippen molar-refractivity contribution in [2.45, 2.75) is 57.8 Å². The number of hydrogen-bond donors (Lipinski definition) is 0. The van der Waals surface area contributed by atoms with E-state index in [1.54, 1.807) is 0 Å². The van der Waals surface area contributed by atoms with Gasteiger partial charge in [-0.15, -0.1) is 0 Å². The molecule has 0 N–H and O–H groups in total. The highest BCUT2D eigenvalue weighted by molar-refractivity contribution is 6.19. The van der Waals surface area contributed by atoms with Gasteiger partial charge in [-0.3, -0.25) is 0 Å². The first-order valence-electron chi connectivity index (χ1n) is 47.5. The Morgan fingerprint density at radius 3 is 0.891 bits per heavy atom. The molecule has 138 heavy (non-hydrogen) atoms. The molecule has 0 spiro atoms. The molecule has 9 nitrogen and oxygen atoms in total. The van der Waals surface area contributed by atoms with Crippen LogP contribution in [0.5, 0.6) is 0 Å². The van der Waals surface area contributed by atoms with Crippen molar-refractivity contribution in [1.82, 2.24) is 43.6 Å². The molecule has 18 aromatic carbocycles. The van der Waals surface area contributed by atoms with Gasteiger partial charge in [0.1, 0.15) is 0 Å². The Bertz CT molecular complexity index is 8550. The SMILES string of the molecule is CC1(C)c2ccccc2-c2c1ccc1c2c2ccccc2n1-c1ccc(-c2cc(-c3ccccc3)nc(-c3ccccc3)n2)cc1.CC1(C)c2ccccc2-c2cc3c4ccccc4n(-c4ccc(-c5cc(-c6ccccc6)nc(-c6ccccc6)n5)cc4)c3cc21.CC1(C)c2ccccc2-c2ccc3c(c21)c1ccccc1n3-c1ccc(-c2cc(-c3ccccc3)nc(-c3ccccc3)n2)cc1. The fraction of sp³-hybridized carbons (Fsp3) is 0.0698. The van der Waals surface area contributed by atoms with Crippen LogP contribution in [0.3, 0.4) is 0 Å². The Labute approximate surface area is 801 Å². The standard InChI is InChI=1S/3C43H31N3/c1-43(2)36-19-11-9-17-32(36)34-25-35-33-18-10-12-20-40(33)46(41(35)26-37(34)43)31-23-21-29(22-24-31)39-27-38(28-13-5-3-6-14-28)44-42(45-39)30-15-7-4-8-16-30;1-43(2)35-19-11-9-17-32(35)33-25-26-39-40(41(33)43)34-18-10-12-20-38(34)46(39)31-23-21-29(22-24-31)37-27-36(28-13-5-3-6-14-28)44-42(45-37)30-15-7-4-8-16-30;1-43(2)34-19-11-9-17-32(34)40-35(43)25-26-39-41(40)33-18-10-12-20-38(33)46(39)31-23-21-29(22-24-31)37-27-36(28-13-5-3-6-14-28)44-42(45-37)30-15-7-4-8-16-30/h3*3-27H,1-2H3. The molecular weight excluding hydrogens is 1680 g/mol. The smallest absolute Gasteiger partial charge is 0.160 e. The van der Waals surface area contributed by atoms with Crippen LogP contribution in [-0.4, -0.2) is 43.6 Å². The maximum absolute atomic E-state index is 5.05. The summed E-state index contributed by atoms with van der Waals surface area (Å²) in [7, 11) is 0. The number of para-hydroxylation sites is 3. The molecule has 3 aliphatic rings. The van der Waals surface area contributed by atoms with E-state index in [1.807, 2.05) is 72.8 Å². The molecule has 654 valence electrons. The maximum atomic E-state index is 5.05. The second-order valence-electron chi connectivity index (χ2n) is 38.0. The van der Waals surface area contributed by atoms with Crippen molar-refractivity contribution in [2.75, 3.05) is 0 Å². The molecule has 9 heteroatoms. The molecule has 24 aromatic rings. The molecule has 0 unspecified atom stereocenters. The van der Waals surface area contributed by atoms with E-state index >= 15 is 0 Å². The number of rotatable bonds is 12. The Balaban J connectivity index is 0.000000110. The normalized spacial score (nSPS) is 13.2. The van der Waals surface area contributed by atoms with Crippen LogP contribution in [0.15, 0.2) is 455 Å². The number of aromatic nitrogens is 9. The van der Waals surface area contributed by atoms with Crippen molar-refractivity contribution >= 4 is 65.4 Å². The lowest BCUT2D eigenvalue weighted by Gasteiger charge is -2.22. The van der Waals surface area contributed by atoms with Crippen LogP contribution < -0.4 is 0 Å². The van der Waals surface area contributed by atoms with Gasteiger partial charge in [-0.25, -0.2) is 29.9 Å². The topological polar surface area (TPSA) is 92.1 Å². The molecule has 0 radical (unpaired) electrons. The zero-order valence-electron chi connectivity index (χ0n) is 77.3. The third-order valence-corrected chi connectivity index (χ3v) is 28.9. The van der Waals surface area contributed by atoms with Gasteiger partial charge < -0.3 is 13.7 Å². The molecule has 0 fully saturated rings. The fourth-order valence-electron chi connectivity index (χ4n) is 22.1. The molecule has 0 saturated carbocycles. The summed E-state index contributed by atoms with van der Waals surface area (Å²) in [6.45, 7) is 14.1. The van der Waals surface area contributed by atoms with E-state index in [0.29, 0.717) is 0 Å². The minimum Gasteiger partial charge on any atom is -0.309 e. The highest BCUT2D eigenvalue weighted by Crippen LogP contribution is 2.57. The predicted octanol–water partition coefficient (Wildman–Crippen LogP) is 32.6. The highest BCUT2D eigenvalue weighted by atomic mass is 15.0. The second-order valence-corrected chi connectivity index (χ2v) is 38.0. The lowest BCUT2D eigenvalue weighted by atomic mass is 9.80. The summed E-state index contributed by atoms with van der Waals surface area (Å²) in [6.07, 6.45) is 0. The second kappa shape index (κ2) is 33.1. The summed E-state index contributed by atoms with van der Waals surface area (Å²) in [5.74, 6) is 2.17. The summed E-state index contributed by atoms with van der Waals surface area (Å²) in [5.41, 5.74) is 41.8. The molecular formula is C129H93N9. The van der Waals surface area contributed by atoms with Crippen molar-refractivity contribution in [3.05, 3.63) is 488 Å². The van der Waals surface area contributed by atoms with Crippen LogP contribution in [0.4, 0.5) is 0 Å². The third kappa shape index (κ3) is 13.8. The summed E-state index contributed by atoms with van der Waals surface area (Å²) >= 11 is 0. The molecule has 0 saturated heterocycles. The van der Waals surface area contributed by atoms with Gasteiger partial charge >= 0.3 is 0 Å². The Morgan fingerprint density at radius 2 is 0.471 bits per heavy atom. The zero-order valence-corrected chi connectivity index (χ0v) is 77.3. The summed E-state index contributed by atoms with van der Waals surface area (Å²) in [4.78, 5) is 30.0. The van der Waals surface area contributed by atoms with Crippen molar-refractivity contribution in [3.8, 4) is 152 Å². The molecule has 0 aliphatic heterocycles. The molecule has 0 atom stereocenters. The summed E-state index contributed by atoms with van der Waals surface area (Å²) < 4.78 is 7.24. The number of fused-ring (bicyclic) bond motifs is 20. The molecule has 0 bridgehead atoms. The van der Waals surface area contributed by atoms with Gasteiger partial charge in [0.25, 0.3) is 0 Å². The van der Waals surface area contributed by atoms with Crippen LogP contribution >= 0.6 is 0 Å².